The topological polar surface area (TPSA) is 140 Å². The molecular weight excluding hydrogens is 526 g/mol. The predicted molar refractivity (Wildman–Crippen MR) is 148 cm³/mol. The number of hydrogen-bond donors (Lipinski definition) is 3. The molecule has 0 saturated heterocycles. The summed E-state index contributed by atoms with van der Waals surface area (Å²) in [7, 11) is 0. The summed E-state index contributed by atoms with van der Waals surface area (Å²) in [5, 5.41) is 7.88. The summed E-state index contributed by atoms with van der Waals surface area (Å²) in [4.78, 5) is 64.1. The van der Waals surface area contributed by atoms with Gasteiger partial charge in [-0.3, -0.25) is 29.3 Å². The van der Waals surface area contributed by atoms with Crippen molar-refractivity contribution in [3.63, 3.8) is 0 Å². The number of ether oxygens (including phenoxy) is 2. The molecule has 1 fully saturated rings. The molecule has 41 heavy (non-hydrogen) atoms. The van der Waals surface area contributed by atoms with E-state index in [0.29, 0.717) is 11.5 Å². The Morgan fingerprint density at radius 3 is 2.41 bits per heavy atom. The van der Waals surface area contributed by atoms with Crippen molar-refractivity contribution in [3.05, 3.63) is 76.9 Å². The number of rotatable bonds is 10. The number of nitrogens with one attached hydrogen (secondary N) is 3. The number of carbonyl (C=O) groups excluding carboxylic acids is 5. The van der Waals surface area contributed by atoms with Gasteiger partial charge in [0.05, 0.1) is 24.1 Å². The van der Waals surface area contributed by atoms with Gasteiger partial charge in [0.2, 0.25) is 18.6 Å². The van der Waals surface area contributed by atoms with Crippen molar-refractivity contribution in [2.75, 3.05) is 6.79 Å². The number of benzene rings is 2. The first-order valence-corrected chi connectivity index (χ1v) is 13.6. The Kier molecular flexibility index (Phi) is 8.28. The normalized spacial score (nSPS) is 18.0. The maximum atomic E-state index is 13.5. The third kappa shape index (κ3) is 6.37. The minimum Gasteiger partial charge on any atom is -0.454 e. The van der Waals surface area contributed by atoms with Gasteiger partial charge in [-0.15, -0.1) is 0 Å². The molecule has 2 atom stereocenters. The molecule has 212 valence electrons. The monoisotopic (exact) mass is 557 g/mol. The minimum atomic E-state index is -0.940. The van der Waals surface area contributed by atoms with E-state index in [2.05, 4.69) is 16.0 Å². The molecule has 5 rings (SSSR count). The number of carbonyl (C=O) groups is 5. The Morgan fingerprint density at radius 2 is 1.71 bits per heavy atom. The van der Waals surface area contributed by atoms with Crippen molar-refractivity contribution in [2.24, 2.45) is 5.92 Å². The lowest BCUT2D eigenvalue weighted by atomic mass is 9.89. The van der Waals surface area contributed by atoms with E-state index >= 15 is 0 Å². The van der Waals surface area contributed by atoms with Gasteiger partial charge >= 0.3 is 0 Å². The van der Waals surface area contributed by atoms with E-state index in [1.54, 1.807) is 24.3 Å². The van der Waals surface area contributed by atoms with Crippen LogP contribution in [-0.4, -0.2) is 42.2 Å². The summed E-state index contributed by atoms with van der Waals surface area (Å²) in [5.74, 6) is -1.66. The van der Waals surface area contributed by atoms with Gasteiger partial charge in [0.1, 0.15) is 0 Å². The fourth-order valence-electron chi connectivity index (χ4n) is 5.45. The third-order valence-electron chi connectivity index (χ3n) is 7.62. The molecule has 2 heterocycles. The summed E-state index contributed by atoms with van der Waals surface area (Å²) >= 11 is 0. The molecule has 2 aromatic carbocycles. The number of imide groups is 1. The second kappa shape index (κ2) is 12.2. The highest BCUT2D eigenvalue weighted by molar-refractivity contribution is 6.33. The first kappa shape index (κ1) is 27.8. The van der Waals surface area contributed by atoms with Gasteiger partial charge in [0.25, 0.3) is 11.8 Å². The molecule has 0 spiro atoms. The third-order valence-corrected chi connectivity index (χ3v) is 7.62. The van der Waals surface area contributed by atoms with Gasteiger partial charge in [0.15, 0.2) is 17.3 Å². The average Bonchev–Trinajstić information content (AvgIpc) is 3.71. The molecule has 0 bridgehead atoms. The van der Waals surface area contributed by atoms with Crippen LogP contribution < -0.4 is 25.4 Å². The average molecular weight is 558 g/mol. The van der Waals surface area contributed by atoms with Crippen LogP contribution in [0.5, 0.6) is 11.5 Å². The number of amides is 4. The smallest absolute Gasteiger partial charge is 0.262 e. The first-order chi connectivity index (χ1) is 19.8. The van der Waals surface area contributed by atoms with Crippen LogP contribution in [0.25, 0.3) is 6.08 Å². The highest BCUT2D eigenvalue weighted by Crippen LogP contribution is 2.33. The Balaban J connectivity index is 1.30. The van der Waals surface area contributed by atoms with Crippen LogP contribution in [0.1, 0.15) is 56.2 Å². The van der Waals surface area contributed by atoms with E-state index in [0.717, 1.165) is 36.8 Å². The number of ketones is 1. The number of hydrogen-bond acceptors (Lipinski definition) is 7. The minimum absolute atomic E-state index is 0.0564. The van der Waals surface area contributed by atoms with Crippen LogP contribution >= 0.6 is 0 Å². The number of Topliss-reactive ketones (excluding diaryl/α,β-unsaturated/α-hetero) is 1. The van der Waals surface area contributed by atoms with Crippen molar-refractivity contribution >= 4 is 35.5 Å². The van der Waals surface area contributed by atoms with Crippen LogP contribution in [0.2, 0.25) is 0 Å². The van der Waals surface area contributed by atoms with Gasteiger partial charge < -0.3 is 20.1 Å². The highest BCUT2D eigenvalue weighted by Gasteiger charge is 2.40. The molecule has 2 aromatic rings. The SMILES string of the molecule is CC1=C(C(=O)[C@@H](NC(=O)C[C@H](NC(=O)C=Cc2ccc3c(c2)OCO3)c2ccccc2)C2CCCC2)C(=O)NC1=O. The molecule has 4 amide bonds. The molecular formula is C31H31N3O7. The van der Waals surface area contributed by atoms with E-state index in [1.807, 2.05) is 30.3 Å². The second-order valence-corrected chi connectivity index (χ2v) is 10.4. The van der Waals surface area contributed by atoms with E-state index in [1.165, 1.54) is 13.0 Å². The van der Waals surface area contributed by atoms with Gasteiger partial charge in [-0.2, -0.15) is 0 Å². The van der Waals surface area contributed by atoms with Crippen molar-refractivity contribution in [1.82, 2.24) is 16.0 Å². The van der Waals surface area contributed by atoms with E-state index in [4.69, 9.17) is 9.47 Å². The van der Waals surface area contributed by atoms with E-state index in [9.17, 15) is 24.0 Å². The van der Waals surface area contributed by atoms with Crippen LogP contribution in [0.3, 0.4) is 0 Å². The predicted octanol–water partition coefficient (Wildman–Crippen LogP) is 2.89. The lowest BCUT2D eigenvalue weighted by molar-refractivity contribution is -0.130. The van der Waals surface area contributed by atoms with Crippen molar-refractivity contribution in [1.29, 1.82) is 0 Å². The molecule has 3 N–H and O–H groups in total. The fraction of sp³-hybridized carbons (Fsp3) is 0.323. The van der Waals surface area contributed by atoms with Gasteiger partial charge in [-0.25, -0.2) is 0 Å². The molecule has 0 unspecified atom stereocenters. The zero-order valence-electron chi connectivity index (χ0n) is 22.6. The van der Waals surface area contributed by atoms with Crippen molar-refractivity contribution in [3.8, 4) is 11.5 Å². The zero-order chi connectivity index (χ0) is 28.9. The summed E-state index contributed by atoms with van der Waals surface area (Å²) in [5.41, 5.74) is 1.32. The van der Waals surface area contributed by atoms with E-state index < -0.39 is 41.5 Å². The quantitative estimate of drug-likeness (QED) is 0.232. The van der Waals surface area contributed by atoms with Crippen LogP contribution in [0.4, 0.5) is 0 Å². The fourth-order valence-corrected chi connectivity index (χ4v) is 5.45. The van der Waals surface area contributed by atoms with Crippen LogP contribution in [0, 0.1) is 5.92 Å². The molecule has 1 saturated carbocycles. The molecule has 10 heteroatoms. The lowest BCUT2D eigenvalue weighted by Gasteiger charge is -2.25. The lowest BCUT2D eigenvalue weighted by Crippen LogP contribution is -2.48. The standard InChI is InChI=1S/C31H31N3O7/c1-18-27(31(39)34-30(18)38)29(37)28(21-9-5-6-10-21)33-26(36)16-22(20-7-3-2-4-8-20)32-25(35)14-12-19-11-13-23-24(15-19)41-17-40-23/h2-4,7-8,11-15,21-22,28H,5-6,9-10,16-17H2,1H3,(H,32,35)(H,33,36)(H,34,38,39)/t22-,28-/m0/s1. The summed E-state index contributed by atoms with van der Waals surface area (Å²) in [6.45, 7) is 1.58. The van der Waals surface area contributed by atoms with Crippen molar-refractivity contribution in [2.45, 2.75) is 51.1 Å². The molecule has 1 aliphatic carbocycles. The Hall–Kier alpha value is -4.73. The maximum absolute atomic E-state index is 13.5. The largest absolute Gasteiger partial charge is 0.454 e. The van der Waals surface area contributed by atoms with E-state index in [-0.39, 0.29) is 30.3 Å². The summed E-state index contributed by atoms with van der Waals surface area (Å²) in [6, 6.07) is 12.8. The molecule has 2 aliphatic heterocycles. The zero-order valence-corrected chi connectivity index (χ0v) is 22.6. The highest BCUT2D eigenvalue weighted by atomic mass is 16.7. The summed E-state index contributed by atoms with van der Waals surface area (Å²) < 4.78 is 10.7. The van der Waals surface area contributed by atoms with Gasteiger partial charge in [0, 0.05) is 11.6 Å². The molecule has 3 aliphatic rings. The Bertz CT molecular complexity index is 1440. The molecule has 10 nitrogen and oxygen atoms in total. The second-order valence-electron chi connectivity index (χ2n) is 10.4. The Morgan fingerprint density at radius 1 is 0.976 bits per heavy atom. The van der Waals surface area contributed by atoms with Crippen LogP contribution in [-0.2, 0) is 24.0 Å². The summed E-state index contributed by atoms with van der Waals surface area (Å²) in [6.07, 6.45) is 6.15. The maximum Gasteiger partial charge on any atom is 0.262 e. The van der Waals surface area contributed by atoms with Crippen molar-refractivity contribution < 1.29 is 33.4 Å². The number of fused-ring (bicyclic) bond motifs is 1. The Labute approximate surface area is 237 Å². The van der Waals surface area contributed by atoms with Gasteiger partial charge in [-0.1, -0.05) is 49.2 Å². The first-order valence-electron chi connectivity index (χ1n) is 13.6. The van der Waals surface area contributed by atoms with Gasteiger partial charge in [-0.05, 0) is 55.0 Å². The molecule has 0 radical (unpaired) electrons. The molecule has 0 aromatic heterocycles. The van der Waals surface area contributed by atoms with Crippen LogP contribution in [0.15, 0.2) is 65.8 Å².